The lowest BCUT2D eigenvalue weighted by molar-refractivity contribution is 0.0490. The fourth-order valence-electron chi connectivity index (χ4n) is 2.53. The van der Waals surface area contributed by atoms with E-state index in [0.717, 1.165) is 18.9 Å². The molecule has 2 N–H and O–H groups in total. The number of carbonyl (C=O) groups excluding carboxylic acids is 1. The molecule has 1 unspecified atom stereocenters. The Kier molecular flexibility index (Phi) is 11.6. The minimum Gasteiger partial charge on any atom is -0.508 e. The smallest absolute Gasteiger partial charge is 0.254 e. The topological polar surface area (TPSA) is 58.6 Å². The van der Waals surface area contributed by atoms with Gasteiger partial charge in [-0.15, -0.1) is 0 Å². The molecule has 0 aliphatic rings. The Bertz CT molecular complexity index is 692. The molecule has 2 aromatic rings. The summed E-state index contributed by atoms with van der Waals surface area (Å²) in [6.45, 7) is 7.16. The number of ether oxygens (including phenoxy) is 1. The summed E-state index contributed by atoms with van der Waals surface area (Å²) in [4.78, 5) is 11.8. The van der Waals surface area contributed by atoms with E-state index in [1.165, 1.54) is 30.5 Å². The van der Waals surface area contributed by atoms with Crippen LogP contribution in [0.25, 0.3) is 0 Å². The molecule has 1 amide bonds. The third-order valence-electron chi connectivity index (χ3n) is 4.08. The van der Waals surface area contributed by atoms with Gasteiger partial charge in [-0.05, 0) is 37.0 Å². The maximum Gasteiger partial charge on any atom is 0.254 e. The van der Waals surface area contributed by atoms with Crippen LogP contribution < -0.4 is 5.32 Å². The molecule has 0 radical (unpaired) electrons. The lowest BCUT2D eigenvalue weighted by Crippen LogP contribution is -2.34. The molecule has 0 saturated carbocycles. The molecule has 4 nitrogen and oxygen atoms in total. The van der Waals surface area contributed by atoms with E-state index in [2.05, 4.69) is 42.6 Å². The second-order valence-corrected chi connectivity index (χ2v) is 6.51. The standard InChI is InChI=1S/C14H20FNO3.C9H12/c1-3-7-19-11(4-2)9-16-14(18)12-6-5-10(17)8-13(12)15;1-2-6-9-7-4-3-5-8-9/h5-6,8,11,17H,3-4,7,9H2,1-2H3,(H,16,18);3-5,7-8H,2,6H2,1H3. The third-order valence-corrected chi connectivity index (χ3v) is 4.08. The molecule has 154 valence electrons. The molecule has 28 heavy (non-hydrogen) atoms. The Morgan fingerprint density at radius 1 is 1.11 bits per heavy atom. The molecule has 0 saturated heterocycles. The zero-order valence-corrected chi connectivity index (χ0v) is 17.1. The van der Waals surface area contributed by atoms with Gasteiger partial charge in [0.1, 0.15) is 11.6 Å². The second-order valence-electron chi connectivity index (χ2n) is 6.51. The average molecular weight is 390 g/mol. The van der Waals surface area contributed by atoms with Crippen LogP contribution >= 0.6 is 0 Å². The summed E-state index contributed by atoms with van der Waals surface area (Å²) in [5.74, 6) is -1.44. The molecule has 0 spiro atoms. The summed E-state index contributed by atoms with van der Waals surface area (Å²) in [5.41, 5.74) is 1.36. The summed E-state index contributed by atoms with van der Waals surface area (Å²) >= 11 is 0. The highest BCUT2D eigenvalue weighted by molar-refractivity contribution is 5.94. The van der Waals surface area contributed by atoms with Gasteiger partial charge in [0.25, 0.3) is 5.91 Å². The number of hydrogen-bond acceptors (Lipinski definition) is 3. The number of carbonyl (C=O) groups is 1. The largest absolute Gasteiger partial charge is 0.508 e. The summed E-state index contributed by atoms with van der Waals surface area (Å²) in [7, 11) is 0. The molecule has 0 fully saturated rings. The number of amides is 1. The third kappa shape index (κ3) is 9.00. The van der Waals surface area contributed by atoms with Crippen molar-refractivity contribution < 1.29 is 19.0 Å². The maximum atomic E-state index is 13.5. The van der Waals surface area contributed by atoms with Gasteiger partial charge in [-0.25, -0.2) is 4.39 Å². The van der Waals surface area contributed by atoms with Crippen LogP contribution in [0, 0.1) is 5.82 Å². The molecule has 0 bridgehead atoms. The van der Waals surface area contributed by atoms with Crippen molar-refractivity contribution in [2.24, 2.45) is 0 Å². The van der Waals surface area contributed by atoms with Gasteiger partial charge in [-0.3, -0.25) is 4.79 Å². The van der Waals surface area contributed by atoms with Gasteiger partial charge in [-0.1, -0.05) is 57.5 Å². The highest BCUT2D eigenvalue weighted by atomic mass is 19.1. The summed E-state index contributed by atoms with van der Waals surface area (Å²) < 4.78 is 19.0. The predicted molar refractivity (Wildman–Crippen MR) is 111 cm³/mol. The summed E-state index contributed by atoms with van der Waals surface area (Å²) in [6, 6.07) is 14.0. The molecule has 2 rings (SSSR count). The van der Waals surface area contributed by atoms with Crippen LogP contribution in [0.15, 0.2) is 48.5 Å². The highest BCUT2D eigenvalue weighted by Crippen LogP contribution is 2.14. The first kappa shape index (κ1) is 23.6. The van der Waals surface area contributed by atoms with Crippen LogP contribution in [0.1, 0.15) is 56.0 Å². The van der Waals surface area contributed by atoms with Crippen LogP contribution in [-0.2, 0) is 11.2 Å². The van der Waals surface area contributed by atoms with Crippen LogP contribution in [0.5, 0.6) is 5.75 Å². The Morgan fingerprint density at radius 3 is 2.39 bits per heavy atom. The van der Waals surface area contributed by atoms with Crippen molar-refractivity contribution in [1.82, 2.24) is 5.32 Å². The number of phenols is 1. The van der Waals surface area contributed by atoms with Crippen molar-refractivity contribution in [3.63, 3.8) is 0 Å². The maximum absolute atomic E-state index is 13.5. The second kappa shape index (κ2) is 13.7. The quantitative estimate of drug-likeness (QED) is 0.627. The van der Waals surface area contributed by atoms with E-state index in [-0.39, 0.29) is 17.4 Å². The molecule has 0 aromatic heterocycles. The Morgan fingerprint density at radius 2 is 1.82 bits per heavy atom. The molecule has 2 aromatic carbocycles. The van der Waals surface area contributed by atoms with E-state index in [4.69, 9.17) is 9.84 Å². The number of hydrogen-bond donors (Lipinski definition) is 2. The predicted octanol–water partition coefficient (Wildman–Crippen LogP) is 5.11. The van der Waals surface area contributed by atoms with E-state index in [9.17, 15) is 9.18 Å². The lowest BCUT2D eigenvalue weighted by Gasteiger charge is -2.16. The minimum atomic E-state index is -0.736. The van der Waals surface area contributed by atoms with E-state index in [0.29, 0.717) is 13.2 Å². The molecule has 0 heterocycles. The highest BCUT2D eigenvalue weighted by Gasteiger charge is 2.14. The van der Waals surface area contributed by atoms with Crippen molar-refractivity contribution in [3.8, 4) is 5.75 Å². The van der Waals surface area contributed by atoms with Gasteiger partial charge in [0.15, 0.2) is 0 Å². The fourth-order valence-corrected chi connectivity index (χ4v) is 2.53. The number of aromatic hydroxyl groups is 1. The van der Waals surface area contributed by atoms with Crippen molar-refractivity contribution in [2.75, 3.05) is 13.2 Å². The SMILES string of the molecule is CCCOC(CC)CNC(=O)c1ccc(O)cc1F.CCCc1ccccc1. The van der Waals surface area contributed by atoms with Crippen LogP contribution in [0.4, 0.5) is 4.39 Å². The fraction of sp³-hybridized carbons (Fsp3) is 0.435. The zero-order chi connectivity index (χ0) is 20.8. The monoisotopic (exact) mass is 389 g/mol. The van der Waals surface area contributed by atoms with Gasteiger partial charge in [0.2, 0.25) is 0 Å². The van der Waals surface area contributed by atoms with Gasteiger partial charge in [-0.2, -0.15) is 0 Å². The van der Waals surface area contributed by atoms with Gasteiger partial charge < -0.3 is 15.2 Å². The van der Waals surface area contributed by atoms with Crippen LogP contribution in [0.2, 0.25) is 0 Å². The molecule has 5 heteroatoms. The van der Waals surface area contributed by atoms with Crippen molar-refractivity contribution >= 4 is 5.91 Å². The molecule has 0 aliphatic carbocycles. The minimum absolute atomic E-state index is 0.0657. The number of halogens is 1. The Labute approximate surface area is 167 Å². The Hall–Kier alpha value is -2.40. The number of rotatable bonds is 9. The van der Waals surface area contributed by atoms with Gasteiger partial charge in [0.05, 0.1) is 11.7 Å². The number of benzene rings is 2. The van der Waals surface area contributed by atoms with E-state index >= 15 is 0 Å². The Balaban J connectivity index is 0.000000362. The van der Waals surface area contributed by atoms with Crippen LogP contribution in [0.3, 0.4) is 0 Å². The normalized spacial score (nSPS) is 11.3. The number of nitrogens with one attached hydrogen (secondary N) is 1. The van der Waals surface area contributed by atoms with E-state index in [1.54, 1.807) is 0 Å². The van der Waals surface area contributed by atoms with Crippen LogP contribution in [-0.4, -0.2) is 30.3 Å². The molecule has 1 atom stereocenters. The summed E-state index contributed by atoms with van der Waals surface area (Å²) in [6.07, 6.45) is 4.07. The molecule has 0 aliphatic heterocycles. The van der Waals surface area contributed by atoms with Gasteiger partial charge in [0, 0.05) is 19.2 Å². The molecular formula is C23H32FNO3. The van der Waals surface area contributed by atoms with E-state index < -0.39 is 11.7 Å². The van der Waals surface area contributed by atoms with E-state index in [1.807, 2.05) is 13.8 Å². The number of phenolic OH excluding ortho intramolecular Hbond substituents is 1. The first-order valence-corrected chi connectivity index (χ1v) is 9.93. The summed E-state index contributed by atoms with van der Waals surface area (Å²) in [5, 5.41) is 11.7. The molecular weight excluding hydrogens is 357 g/mol. The first-order valence-electron chi connectivity index (χ1n) is 9.93. The average Bonchev–Trinajstić information content (AvgIpc) is 2.69. The lowest BCUT2D eigenvalue weighted by atomic mass is 10.1. The first-order chi connectivity index (χ1) is 13.5. The zero-order valence-electron chi connectivity index (χ0n) is 17.1. The van der Waals surface area contributed by atoms with Crippen molar-refractivity contribution in [2.45, 2.75) is 52.6 Å². The van der Waals surface area contributed by atoms with Crippen molar-refractivity contribution in [1.29, 1.82) is 0 Å². The number of aryl methyl sites for hydroxylation is 1. The van der Waals surface area contributed by atoms with Gasteiger partial charge >= 0.3 is 0 Å². The van der Waals surface area contributed by atoms with Crippen molar-refractivity contribution in [3.05, 3.63) is 65.5 Å².